The fraction of sp³-hybridized carbons (Fsp3) is 0.222. The van der Waals surface area contributed by atoms with Gasteiger partial charge in [-0.15, -0.1) is 13.2 Å². The molecule has 7 nitrogen and oxygen atoms in total. The first-order valence-corrected chi connectivity index (χ1v) is 9.27. The van der Waals surface area contributed by atoms with E-state index in [1.54, 1.807) is 6.92 Å². The molecule has 1 rings (SSSR count). The van der Waals surface area contributed by atoms with Crippen LogP contribution in [-0.4, -0.2) is 44.3 Å². The van der Waals surface area contributed by atoms with Gasteiger partial charge in [0.15, 0.2) is 0 Å². The lowest BCUT2D eigenvalue weighted by Crippen LogP contribution is -2.31. The summed E-state index contributed by atoms with van der Waals surface area (Å²) in [5.74, 6) is -1.15. The number of carbonyl (C=O) groups excluding carboxylic acids is 2. The fourth-order valence-corrected chi connectivity index (χ4v) is 3.32. The van der Waals surface area contributed by atoms with Gasteiger partial charge in [0.2, 0.25) is 15.9 Å². The van der Waals surface area contributed by atoms with E-state index in [1.807, 2.05) is 0 Å². The Kier molecular flexibility index (Phi) is 8.47. The first-order valence-electron chi connectivity index (χ1n) is 7.83. The summed E-state index contributed by atoms with van der Waals surface area (Å²) in [5.41, 5.74) is 0.390. The third-order valence-electron chi connectivity index (χ3n) is 3.08. The van der Waals surface area contributed by atoms with Crippen molar-refractivity contribution in [3.8, 4) is 0 Å². The van der Waals surface area contributed by atoms with E-state index < -0.39 is 21.9 Å². The molecule has 0 bridgehead atoms. The average molecular weight is 378 g/mol. The number of sulfonamides is 1. The summed E-state index contributed by atoms with van der Waals surface area (Å²) < 4.78 is 31.0. The minimum Gasteiger partial charge on any atom is -0.463 e. The molecule has 0 saturated heterocycles. The van der Waals surface area contributed by atoms with Crippen LogP contribution in [0.1, 0.15) is 6.92 Å². The van der Waals surface area contributed by atoms with Crippen LogP contribution in [0.15, 0.2) is 66.6 Å². The van der Waals surface area contributed by atoms with Crippen molar-refractivity contribution in [3.05, 3.63) is 61.7 Å². The third-order valence-corrected chi connectivity index (χ3v) is 4.93. The number of ether oxygens (including phenoxy) is 1. The molecule has 0 saturated carbocycles. The number of rotatable bonds is 10. The first kappa shape index (κ1) is 21.3. The van der Waals surface area contributed by atoms with E-state index in [-0.39, 0.29) is 24.6 Å². The van der Waals surface area contributed by atoms with Crippen molar-refractivity contribution >= 4 is 27.6 Å². The maximum atomic E-state index is 12.6. The van der Waals surface area contributed by atoms with Crippen molar-refractivity contribution in [3.63, 3.8) is 0 Å². The summed E-state index contributed by atoms with van der Waals surface area (Å²) in [6.45, 7) is 9.30. The summed E-state index contributed by atoms with van der Waals surface area (Å²) >= 11 is 0. The van der Waals surface area contributed by atoms with Gasteiger partial charge in [-0.3, -0.25) is 4.79 Å². The van der Waals surface area contributed by atoms with Crippen LogP contribution in [0.3, 0.4) is 0 Å². The van der Waals surface area contributed by atoms with Crippen molar-refractivity contribution in [2.75, 3.05) is 25.0 Å². The molecule has 1 aromatic carbocycles. The monoisotopic (exact) mass is 378 g/mol. The average Bonchev–Trinajstić information content (AvgIpc) is 2.60. The van der Waals surface area contributed by atoms with Gasteiger partial charge in [0.1, 0.15) is 0 Å². The normalized spacial score (nSPS) is 11.3. The van der Waals surface area contributed by atoms with E-state index in [1.165, 1.54) is 40.7 Å². The SMILES string of the molecule is C=CCN(CC=C)S(=O)(=O)c1ccc(NC(=O)C=CC(=O)OCC)cc1. The molecule has 1 aromatic rings. The number of nitrogens with zero attached hydrogens (tertiary/aromatic N) is 1. The molecule has 140 valence electrons. The van der Waals surface area contributed by atoms with Crippen molar-refractivity contribution in [2.45, 2.75) is 11.8 Å². The molecule has 0 radical (unpaired) electrons. The number of amides is 1. The number of carbonyl (C=O) groups is 2. The van der Waals surface area contributed by atoms with Gasteiger partial charge in [0.25, 0.3) is 0 Å². The maximum absolute atomic E-state index is 12.6. The van der Waals surface area contributed by atoms with E-state index in [4.69, 9.17) is 0 Å². The molecule has 1 amide bonds. The number of nitrogens with one attached hydrogen (secondary N) is 1. The predicted molar refractivity (Wildman–Crippen MR) is 100.0 cm³/mol. The topological polar surface area (TPSA) is 92.8 Å². The van der Waals surface area contributed by atoms with E-state index >= 15 is 0 Å². The second-order valence-electron chi connectivity index (χ2n) is 5.00. The van der Waals surface area contributed by atoms with Crippen molar-refractivity contribution in [2.24, 2.45) is 0 Å². The van der Waals surface area contributed by atoms with Gasteiger partial charge in [-0.1, -0.05) is 12.2 Å². The maximum Gasteiger partial charge on any atom is 0.330 e. The zero-order valence-corrected chi connectivity index (χ0v) is 15.4. The van der Waals surface area contributed by atoms with Gasteiger partial charge < -0.3 is 10.1 Å². The van der Waals surface area contributed by atoms with Crippen LogP contribution < -0.4 is 5.32 Å². The number of esters is 1. The second-order valence-corrected chi connectivity index (χ2v) is 6.94. The van der Waals surface area contributed by atoms with Crippen molar-refractivity contribution < 1.29 is 22.7 Å². The van der Waals surface area contributed by atoms with Crippen LogP contribution in [0.5, 0.6) is 0 Å². The Morgan fingerprint density at radius 3 is 2.19 bits per heavy atom. The molecular weight excluding hydrogens is 356 g/mol. The van der Waals surface area contributed by atoms with Gasteiger partial charge in [0, 0.05) is 30.9 Å². The minimum atomic E-state index is -3.70. The number of hydrogen-bond donors (Lipinski definition) is 1. The molecule has 0 aromatic heterocycles. The van der Waals surface area contributed by atoms with Crippen LogP contribution in [0.2, 0.25) is 0 Å². The summed E-state index contributed by atoms with van der Waals surface area (Å²) in [4.78, 5) is 23.0. The van der Waals surface area contributed by atoms with E-state index in [2.05, 4.69) is 23.2 Å². The zero-order chi connectivity index (χ0) is 19.6. The Morgan fingerprint density at radius 1 is 1.12 bits per heavy atom. The van der Waals surface area contributed by atoms with Gasteiger partial charge in [0.05, 0.1) is 11.5 Å². The molecule has 8 heteroatoms. The summed E-state index contributed by atoms with van der Waals surface area (Å²) in [5, 5.41) is 2.52. The molecule has 0 aliphatic carbocycles. The Labute approximate surface area is 153 Å². The van der Waals surface area contributed by atoms with E-state index in [0.717, 1.165) is 12.2 Å². The van der Waals surface area contributed by atoms with Crippen molar-refractivity contribution in [1.82, 2.24) is 4.31 Å². The van der Waals surface area contributed by atoms with E-state index in [9.17, 15) is 18.0 Å². The van der Waals surface area contributed by atoms with Crippen LogP contribution >= 0.6 is 0 Å². The molecule has 0 heterocycles. The fourth-order valence-electron chi connectivity index (χ4n) is 1.94. The smallest absolute Gasteiger partial charge is 0.330 e. The third kappa shape index (κ3) is 6.30. The quantitative estimate of drug-likeness (QED) is 0.382. The summed E-state index contributed by atoms with van der Waals surface area (Å²) in [7, 11) is -3.70. The predicted octanol–water partition coefficient (Wildman–Crippen LogP) is 2.11. The van der Waals surface area contributed by atoms with Crippen LogP contribution in [-0.2, 0) is 24.3 Å². The van der Waals surface area contributed by atoms with E-state index in [0.29, 0.717) is 5.69 Å². The minimum absolute atomic E-state index is 0.0845. The van der Waals surface area contributed by atoms with Crippen LogP contribution in [0.4, 0.5) is 5.69 Å². The van der Waals surface area contributed by atoms with Crippen LogP contribution in [0.25, 0.3) is 0 Å². The lowest BCUT2D eigenvalue weighted by Gasteiger charge is -2.19. The lowest BCUT2D eigenvalue weighted by molar-refractivity contribution is -0.137. The highest BCUT2D eigenvalue weighted by Gasteiger charge is 2.22. The lowest BCUT2D eigenvalue weighted by atomic mass is 10.3. The second kappa shape index (κ2) is 10.3. The Bertz CT molecular complexity index is 772. The number of benzene rings is 1. The Hall–Kier alpha value is -2.71. The highest BCUT2D eigenvalue weighted by molar-refractivity contribution is 7.89. The Morgan fingerprint density at radius 2 is 1.69 bits per heavy atom. The zero-order valence-electron chi connectivity index (χ0n) is 14.6. The molecule has 1 N–H and O–H groups in total. The van der Waals surface area contributed by atoms with Gasteiger partial charge in [-0.25, -0.2) is 13.2 Å². The Balaban J connectivity index is 2.84. The molecule has 0 spiro atoms. The molecule has 0 unspecified atom stereocenters. The largest absolute Gasteiger partial charge is 0.463 e. The molecule has 26 heavy (non-hydrogen) atoms. The highest BCUT2D eigenvalue weighted by Crippen LogP contribution is 2.18. The van der Waals surface area contributed by atoms with Gasteiger partial charge >= 0.3 is 5.97 Å². The van der Waals surface area contributed by atoms with Crippen molar-refractivity contribution in [1.29, 1.82) is 0 Å². The van der Waals surface area contributed by atoms with Gasteiger partial charge in [-0.2, -0.15) is 4.31 Å². The molecule has 0 aliphatic rings. The number of hydrogen-bond acceptors (Lipinski definition) is 5. The van der Waals surface area contributed by atoms with Gasteiger partial charge in [-0.05, 0) is 31.2 Å². The standard InChI is InChI=1S/C18H22N2O5S/c1-4-13-20(14-5-2)26(23,24)16-9-7-15(8-10-16)19-17(21)11-12-18(22)25-6-3/h4-5,7-12H,1-2,6,13-14H2,3H3,(H,19,21). The molecule has 0 atom stereocenters. The van der Waals surface area contributed by atoms with Crippen LogP contribution in [0, 0.1) is 0 Å². The number of anilines is 1. The summed E-state index contributed by atoms with van der Waals surface area (Å²) in [6.07, 6.45) is 5.04. The molecule has 0 aliphatic heterocycles. The summed E-state index contributed by atoms with van der Waals surface area (Å²) in [6, 6.07) is 5.70. The molecular formula is C18H22N2O5S. The highest BCUT2D eigenvalue weighted by atomic mass is 32.2. The first-order chi connectivity index (χ1) is 12.3. The molecule has 0 fully saturated rings.